The summed E-state index contributed by atoms with van der Waals surface area (Å²) in [5, 5.41) is 0. The lowest BCUT2D eigenvalue weighted by Crippen LogP contribution is -2.18. The zero-order valence-electron chi connectivity index (χ0n) is 11.8. The normalized spacial score (nSPS) is 30.8. The molecule has 0 nitrogen and oxygen atoms in total. The maximum atomic E-state index is 2.44. The molecule has 3 rings (SSSR count). The molecule has 1 fully saturated rings. The maximum Gasteiger partial charge on any atom is -0.0163 e. The monoisotopic (exact) mass is 244 g/mol. The number of allylic oxidation sites excluding steroid dienone is 4. The molecule has 0 aliphatic heterocycles. The van der Waals surface area contributed by atoms with E-state index in [0.29, 0.717) is 0 Å². The van der Waals surface area contributed by atoms with E-state index in [1.165, 1.54) is 77.0 Å². The van der Waals surface area contributed by atoms with Crippen molar-refractivity contribution in [3.63, 3.8) is 0 Å². The van der Waals surface area contributed by atoms with E-state index < -0.39 is 0 Å². The Morgan fingerprint density at radius 3 is 2.06 bits per heavy atom. The fourth-order valence-electron chi connectivity index (χ4n) is 4.45. The van der Waals surface area contributed by atoms with Crippen molar-refractivity contribution in [2.45, 2.75) is 77.0 Å². The Kier molecular flexibility index (Phi) is 4.23. The van der Waals surface area contributed by atoms with E-state index in [9.17, 15) is 0 Å². The molecule has 1 saturated carbocycles. The van der Waals surface area contributed by atoms with Crippen LogP contribution in [0.5, 0.6) is 0 Å². The van der Waals surface area contributed by atoms with Crippen molar-refractivity contribution >= 4 is 0 Å². The predicted molar refractivity (Wildman–Crippen MR) is 78.6 cm³/mol. The lowest BCUT2D eigenvalue weighted by Gasteiger charge is -2.34. The lowest BCUT2D eigenvalue weighted by molar-refractivity contribution is 0.372. The molecule has 0 N–H and O–H groups in total. The van der Waals surface area contributed by atoms with Gasteiger partial charge in [-0.3, -0.25) is 0 Å². The van der Waals surface area contributed by atoms with Crippen molar-refractivity contribution in [2.24, 2.45) is 11.8 Å². The summed E-state index contributed by atoms with van der Waals surface area (Å²) < 4.78 is 0. The Morgan fingerprint density at radius 1 is 0.667 bits per heavy atom. The van der Waals surface area contributed by atoms with Crippen molar-refractivity contribution in [1.82, 2.24) is 0 Å². The minimum Gasteiger partial charge on any atom is -0.0885 e. The molecule has 1 unspecified atom stereocenters. The average Bonchev–Trinajstić information content (AvgIpc) is 2.49. The van der Waals surface area contributed by atoms with Gasteiger partial charge in [0.25, 0.3) is 0 Å². The van der Waals surface area contributed by atoms with E-state index >= 15 is 0 Å². The van der Waals surface area contributed by atoms with Gasteiger partial charge >= 0.3 is 0 Å². The summed E-state index contributed by atoms with van der Waals surface area (Å²) in [4.78, 5) is 0. The van der Waals surface area contributed by atoms with Crippen molar-refractivity contribution in [3.05, 3.63) is 23.3 Å². The molecule has 0 radical (unpaired) electrons. The molecular formula is C18H28. The van der Waals surface area contributed by atoms with E-state index in [4.69, 9.17) is 0 Å². The minimum atomic E-state index is 0.923. The summed E-state index contributed by atoms with van der Waals surface area (Å²) in [6.45, 7) is 0. The second kappa shape index (κ2) is 6.08. The van der Waals surface area contributed by atoms with E-state index in [1.54, 1.807) is 0 Å². The first-order valence-corrected chi connectivity index (χ1v) is 8.32. The number of rotatable bonds is 2. The second-order valence-corrected chi connectivity index (χ2v) is 6.57. The first-order chi connectivity index (χ1) is 8.95. The molecule has 0 saturated heterocycles. The van der Waals surface area contributed by atoms with E-state index in [-0.39, 0.29) is 0 Å². The van der Waals surface area contributed by atoms with Gasteiger partial charge in [-0.1, -0.05) is 42.6 Å². The molecule has 0 spiro atoms. The van der Waals surface area contributed by atoms with Gasteiger partial charge in [0.2, 0.25) is 0 Å². The molecule has 0 aromatic rings. The number of hydrogen-bond donors (Lipinski definition) is 0. The van der Waals surface area contributed by atoms with Crippen molar-refractivity contribution in [1.29, 1.82) is 0 Å². The van der Waals surface area contributed by atoms with Gasteiger partial charge < -0.3 is 0 Å². The lowest BCUT2D eigenvalue weighted by atomic mass is 9.72. The van der Waals surface area contributed by atoms with Crippen LogP contribution in [0.4, 0.5) is 0 Å². The van der Waals surface area contributed by atoms with Gasteiger partial charge in [0, 0.05) is 0 Å². The van der Waals surface area contributed by atoms with Gasteiger partial charge in [-0.05, 0) is 69.6 Å². The Labute approximate surface area is 113 Å². The summed E-state index contributed by atoms with van der Waals surface area (Å²) in [5.74, 6) is 1.91. The molecule has 3 aliphatic carbocycles. The molecule has 0 amide bonds. The highest BCUT2D eigenvalue weighted by Gasteiger charge is 2.26. The minimum absolute atomic E-state index is 0.923. The molecule has 0 heteroatoms. The van der Waals surface area contributed by atoms with E-state index in [1.807, 2.05) is 11.1 Å². The van der Waals surface area contributed by atoms with Gasteiger partial charge in [-0.25, -0.2) is 0 Å². The van der Waals surface area contributed by atoms with Crippen LogP contribution in [0.15, 0.2) is 23.3 Å². The first-order valence-electron chi connectivity index (χ1n) is 8.32. The van der Waals surface area contributed by atoms with Crippen LogP contribution in [0, 0.1) is 11.8 Å². The smallest absolute Gasteiger partial charge is 0.0163 e. The molecule has 0 bridgehead atoms. The highest BCUT2D eigenvalue weighted by Crippen LogP contribution is 2.42. The third kappa shape index (κ3) is 2.73. The van der Waals surface area contributed by atoms with Crippen LogP contribution in [0.1, 0.15) is 77.0 Å². The summed E-state index contributed by atoms with van der Waals surface area (Å²) >= 11 is 0. The van der Waals surface area contributed by atoms with Gasteiger partial charge in [0.05, 0.1) is 0 Å². The summed E-state index contributed by atoms with van der Waals surface area (Å²) in [6, 6.07) is 0. The van der Waals surface area contributed by atoms with Gasteiger partial charge in [-0.2, -0.15) is 0 Å². The zero-order valence-corrected chi connectivity index (χ0v) is 11.8. The number of hydrogen-bond acceptors (Lipinski definition) is 0. The maximum absolute atomic E-state index is 2.44. The van der Waals surface area contributed by atoms with Crippen LogP contribution in [-0.4, -0.2) is 0 Å². The quantitative estimate of drug-likeness (QED) is 0.539. The van der Waals surface area contributed by atoms with Gasteiger partial charge in [0.1, 0.15) is 0 Å². The molecule has 100 valence electrons. The van der Waals surface area contributed by atoms with Crippen molar-refractivity contribution < 1.29 is 0 Å². The standard InChI is InChI=1S/C18H28/c1-3-9-15(10-4-1)17-13-7-8-14-18(17)16-11-5-2-6-12-16/h1,3,15-16H,2,4-14H2. The third-order valence-corrected chi connectivity index (χ3v) is 5.41. The topological polar surface area (TPSA) is 0 Å². The SMILES string of the molecule is C1=CCC(C2=C(C3CCCCC3)CCCC2)CC1. The molecule has 1 atom stereocenters. The van der Waals surface area contributed by atoms with E-state index in [0.717, 1.165) is 11.8 Å². The van der Waals surface area contributed by atoms with Gasteiger partial charge in [0.15, 0.2) is 0 Å². The largest absolute Gasteiger partial charge is 0.0885 e. The van der Waals surface area contributed by atoms with Crippen LogP contribution >= 0.6 is 0 Å². The van der Waals surface area contributed by atoms with Crippen LogP contribution in [0.2, 0.25) is 0 Å². The van der Waals surface area contributed by atoms with Crippen LogP contribution in [0.25, 0.3) is 0 Å². The fourth-order valence-corrected chi connectivity index (χ4v) is 4.45. The molecule has 0 aromatic carbocycles. The fraction of sp³-hybridized carbons (Fsp3) is 0.778. The van der Waals surface area contributed by atoms with Crippen LogP contribution in [-0.2, 0) is 0 Å². The summed E-state index contributed by atoms with van der Waals surface area (Å²) in [7, 11) is 0. The first kappa shape index (κ1) is 12.5. The molecule has 3 aliphatic rings. The third-order valence-electron chi connectivity index (χ3n) is 5.41. The van der Waals surface area contributed by atoms with E-state index in [2.05, 4.69) is 12.2 Å². The van der Waals surface area contributed by atoms with Crippen molar-refractivity contribution in [3.8, 4) is 0 Å². The predicted octanol–water partition coefficient (Wildman–Crippen LogP) is 5.79. The zero-order chi connectivity index (χ0) is 12.2. The van der Waals surface area contributed by atoms with Crippen LogP contribution < -0.4 is 0 Å². The van der Waals surface area contributed by atoms with Crippen LogP contribution in [0.3, 0.4) is 0 Å². The Hall–Kier alpha value is -0.520. The van der Waals surface area contributed by atoms with Crippen molar-refractivity contribution in [2.75, 3.05) is 0 Å². The molecule has 0 aromatic heterocycles. The second-order valence-electron chi connectivity index (χ2n) is 6.57. The highest BCUT2D eigenvalue weighted by atomic mass is 14.3. The Balaban J connectivity index is 1.80. The average molecular weight is 244 g/mol. The molecule has 0 heterocycles. The highest BCUT2D eigenvalue weighted by molar-refractivity contribution is 5.24. The summed E-state index contributed by atoms with van der Waals surface area (Å²) in [5.41, 5.74) is 3.87. The molecular weight excluding hydrogens is 216 g/mol. The van der Waals surface area contributed by atoms with Gasteiger partial charge in [-0.15, -0.1) is 0 Å². The Bertz CT molecular complexity index is 328. The molecule has 18 heavy (non-hydrogen) atoms. The summed E-state index contributed by atoms with van der Waals surface area (Å²) in [6.07, 6.45) is 22.2. The Morgan fingerprint density at radius 2 is 1.39 bits per heavy atom.